The Balaban J connectivity index is 1.30. The summed E-state index contributed by atoms with van der Waals surface area (Å²) in [6.07, 6.45) is 1.09. The van der Waals surface area contributed by atoms with Gasteiger partial charge in [-0.2, -0.15) is 0 Å². The maximum Gasteiger partial charge on any atom is 0.231 e. The molecule has 132 valence electrons. The zero-order valence-corrected chi connectivity index (χ0v) is 14.2. The third-order valence-corrected chi connectivity index (χ3v) is 4.80. The number of aliphatic hydroxyl groups is 1. The molecule has 4 rings (SSSR count). The second-order valence-corrected chi connectivity index (χ2v) is 6.69. The van der Waals surface area contributed by atoms with Crippen LogP contribution in [0, 0.1) is 5.92 Å². The SMILES string of the molecule is OCC1CCN(Cc2ccc(OCc3ccc4c(c3)OCO4)cc2)C1. The zero-order valence-electron chi connectivity index (χ0n) is 14.2. The van der Waals surface area contributed by atoms with Crippen LogP contribution in [0.1, 0.15) is 17.5 Å². The molecule has 0 aromatic heterocycles. The predicted molar refractivity (Wildman–Crippen MR) is 93.8 cm³/mol. The molecule has 0 bridgehead atoms. The summed E-state index contributed by atoms with van der Waals surface area (Å²) in [6, 6.07) is 14.1. The lowest BCUT2D eigenvalue weighted by Gasteiger charge is -2.16. The summed E-state index contributed by atoms with van der Waals surface area (Å²) >= 11 is 0. The van der Waals surface area contributed by atoms with Crippen molar-refractivity contribution in [1.29, 1.82) is 0 Å². The maximum absolute atomic E-state index is 9.23. The normalized spacial score (nSPS) is 19.3. The number of ether oxygens (including phenoxy) is 3. The maximum atomic E-state index is 9.23. The highest BCUT2D eigenvalue weighted by Gasteiger charge is 2.21. The number of likely N-dealkylation sites (tertiary alicyclic amines) is 1. The summed E-state index contributed by atoms with van der Waals surface area (Å²) < 4.78 is 16.6. The van der Waals surface area contributed by atoms with E-state index in [0.717, 1.165) is 48.9 Å². The van der Waals surface area contributed by atoms with Crippen LogP contribution < -0.4 is 14.2 Å². The van der Waals surface area contributed by atoms with Gasteiger partial charge >= 0.3 is 0 Å². The Bertz CT molecular complexity index is 716. The van der Waals surface area contributed by atoms with Gasteiger partial charge in [-0.3, -0.25) is 4.90 Å². The van der Waals surface area contributed by atoms with Crippen LogP contribution in [0.2, 0.25) is 0 Å². The van der Waals surface area contributed by atoms with Crippen molar-refractivity contribution >= 4 is 0 Å². The van der Waals surface area contributed by atoms with Crippen LogP contribution in [-0.4, -0.2) is 36.5 Å². The van der Waals surface area contributed by atoms with Crippen molar-refractivity contribution in [3.63, 3.8) is 0 Å². The second kappa shape index (κ2) is 7.33. The summed E-state index contributed by atoms with van der Waals surface area (Å²) in [7, 11) is 0. The molecule has 2 aliphatic heterocycles. The lowest BCUT2D eigenvalue weighted by Crippen LogP contribution is -2.20. The highest BCUT2D eigenvalue weighted by atomic mass is 16.7. The molecule has 2 aromatic carbocycles. The van der Waals surface area contributed by atoms with Gasteiger partial charge in [0, 0.05) is 19.7 Å². The summed E-state index contributed by atoms with van der Waals surface area (Å²) in [4.78, 5) is 2.39. The fourth-order valence-electron chi connectivity index (χ4n) is 3.35. The highest BCUT2D eigenvalue weighted by Crippen LogP contribution is 2.32. The number of rotatable bonds is 6. The first-order valence-electron chi connectivity index (χ1n) is 8.73. The molecule has 0 saturated carbocycles. The molecule has 2 aromatic rings. The topological polar surface area (TPSA) is 51.2 Å². The minimum atomic E-state index is 0.289. The van der Waals surface area contributed by atoms with Crippen molar-refractivity contribution < 1.29 is 19.3 Å². The number of nitrogens with zero attached hydrogens (tertiary/aromatic N) is 1. The Morgan fingerprint density at radius 2 is 1.84 bits per heavy atom. The summed E-state index contributed by atoms with van der Waals surface area (Å²) in [5.41, 5.74) is 2.33. The first kappa shape index (κ1) is 16.2. The van der Waals surface area contributed by atoms with Crippen molar-refractivity contribution in [2.75, 3.05) is 26.5 Å². The van der Waals surface area contributed by atoms with E-state index in [0.29, 0.717) is 19.1 Å². The highest BCUT2D eigenvalue weighted by molar-refractivity contribution is 5.44. The number of benzene rings is 2. The largest absolute Gasteiger partial charge is 0.489 e. The van der Waals surface area contributed by atoms with Crippen molar-refractivity contribution in [3.05, 3.63) is 53.6 Å². The van der Waals surface area contributed by atoms with E-state index in [1.165, 1.54) is 5.56 Å². The molecule has 2 aliphatic rings. The fourth-order valence-corrected chi connectivity index (χ4v) is 3.35. The van der Waals surface area contributed by atoms with Gasteiger partial charge in [0.25, 0.3) is 0 Å². The third kappa shape index (κ3) is 3.89. The van der Waals surface area contributed by atoms with Gasteiger partial charge in [0.1, 0.15) is 12.4 Å². The Morgan fingerprint density at radius 3 is 2.64 bits per heavy atom. The van der Waals surface area contributed by atoms with Gasteiger partial charge in [0.05, 0.1) is 0 Å². The molecular formula is C20H23NO4. The van der Waals surface area contributed by atoms with E-state index in [-0.39, 0.29) is 6.79 Å². The molecule has 2 heterocycles. The lowest BCUT2D eigenvalue weighted by atomic mass is 10.1. The molecule has 1 fully saturated rings. The monoisotopic (exact) mass is 341 g/mol. The average Bonchev–Trinajstić information content (AvgIpc) is 3.29. The molecule has 25 heavy (non-hydrogen) atoms. The van der Waals surface area contributed by atoms with Crippen LogP contribution in [0.25, 0.3) is 0 Å². The molecule has 5 heteroatoms. The van der Waals surface area contributed by atoms with Crippen LogP contribution in [-0.2, 0) is 13.2 Å². The number of hydrogen-bond acceptors (Lipinski definition) is 5. The minimum absolute atomic E-state index is 0.289. The van der Waals surface area contributed by atoms with Crippen molar-refractivity contribution in [3.8, 4) is 17.2 Å². The van der Waals surface area contributed by atoms with Gasteiger partial charge in [-0.15, -0.1) is 0 Å². The van der Waals surface area contributed by atoms with E-state index >= 15 is 0 Å². The fraction of sp³-hybridized carbons (Fsp3) is 0.400. The zero-order chi connectivity index (χ0) is 17.1. The Morgan fingerprint density at radius 1 is 1.04 bits per heavy atom. The van der Waals surface area contributed by atoms with Crippen LogP contribution >= 0.6 is 0 Å². The molecule has 1 saturated heterocycles. The molecule has 0 radical (unpaired) electrons. The van der Waals surface area contributed by atoms with Gasteiger partial charge in [0.15, 0.2) is 11.5 Å². The van der Waals surface area contributed by atoms with Gasteiger partial charge in [0.2, 0.25) is 6.79 Å². The standard InChI is InChI=1S/C20H23NO4/c22-12-17-7-8-21(11-17)10-15-1-4-18(5-2-15)23-13-16-3-6-19-20(9-16)25-14-24-19/h1-6,9,17,22H,7-8,10-14H2. The average molecular weight is 341 g/mol. The van der Waals surface area contributed by atoms with Crippen LogP contribution in [0.4, 0.5) is 0 Å². The van der Waals surface area contributed by atoms with Crippen LogP contribution in [0.5, 0.6) is 17.2 Å². The van der Waals surface area contributed by atoms with E-state index in [9.17, 15) is 5.11 Å². The number of aliphatic hydroxyl groups excluding tert-OH is 1. The smallest absolute Gasteiger partial charge is 0.231 e. The molecule has 1 atom stereocenters. The van der Waals surface area contributed by atoms with Crippen molar-refractivity contribution in [2.45, 2.75) is 19.6 Å². The Kier molecular flexibility index (Phi) is 4.76. The van der Waals surface area contributed by atoms with E-state index < -0.39 is 0 Å². The lowest BCUT2D eigenvalue weighted by molar-refractivity contribution is 0.174. The molecule has 0 aliphatic carbocycles. The minimum Gasteiger partial charge on any atom is -0.489 e. The Labute approximate surface area is 147 Å². The van der Waals surface area contributed by atoms with E-state index in [2.05, 4.69) is 17.0 Å². The number of fused-ring (bicyclic) bond motifs is 1. The first-order chi connectivity index (χ1) is 12.3. The van der Waals surface area contributed by atoms with E-state index in [4.69, 9.17) is 14.2 Å². The number of hydrogen-bond donors (Lipinski definition) is 1. The molecule has 0 amide bonds. The van der Waals surface area contributed by atoms with Gasteiger partial charge < -0.3 is 19.3 Å². The first-order valence-corrected chi connectivity index (χ1v) is 8.73. The van der Waals surface area contributed by atoms with Gasteiger partial charge in [-0.1, -0.05) is 18.2 Å². The third-order valence-electron chi connectivity index (χ3n) is 4.80. The molecule has 5 nitrogen and oxygen atoms in total. The molecular weight excluding hydrogens is 318 g/mol. The van der Waals surface area contributed by atoms with Gasteiger partial charge in [-0.25, -0.2) is 0 Å². The molecule has 0 spiro atoms. The van der Waals surface area contributed by atoms with E-state index in [1.54, 1.807) is 0 Å². The van der Waals surface area contributed by atoms with Crippen LogP contribution in [0.15, 0.2) is 42.5 Å². The summed E-state index contributed by atoms with van der Waals surface area (Å²) in [5.74, 6) is 2.86. The molecule has 1 unspecified atom stereocenters. The second-order valence-electron chi connectivity index (χ2n) is 6.69. The summed E-state index contributed by atoms with van der Waals surface area (Å²) in [6.45, 7) is 4.06. The Hall–Kier alpha value is -2.24. The van der Waals surface area contributed by atoms with Crippen LogP contribution in [0.3, 0.4) is 0 Å². The summed E-state index contributed by atoms with van der Waals surface area (Å²) in [5, 5.41) is 9.23. The van der Waals surface area contributed by atoms with Crippen molar-refractivity contribution in [2.24, 2.45) is 5.92 Å². The predicted octanol–water partition coefficient (Wildman–Crippen LogP) is 2.81. The quantitative estimate of drug-likeness (QED) is 0.876. The van der Waals surface area contributed by atoms with E-state index in [1.807, 2.05) is 30.3 Å². The molecule has 1 N–H and O–H groups in total. The van der Waals surface area contributed by atoms with Gasteiger partial charge in [-0.05, 0) is 54.3 Å². The van der Waals surface area contributed by atoms with Crippen molar-refractivity contribution in [1.82, 2.24) is 4.90 Å².